The molecule has 0 saturated carbocycles. The average molecular weight is 384 g/mol. The molecule has 3 aliphatic rings. The van der Waals surface area contributed by atoms with Gasteiger partial charge < -0.3 is 10.6 Å². The van der Waals surface area contributed by atoms with Gasteiger partial charge in [0.05, 0.1) is 11.1 Å². The first kappa shape index (κ1) is 18.8. The van der Waals surface area contributed by atoms with Crippen LogP contribution in [0.15, 0.2) is 18.2 Å². The zero-order valence-corrected chi connectivity index (χ0v) is 15.8. The molecule has 0 spiro atoms. The maximum atomic E-state index is 13.0. The summed E-state index contributed by atoms with van der Waals surface area (Å²) in [7, 11) is 0. The van der Waals surface area contributed by atoms with Crippen molar-refractivity contribution in [3.8, 4) is 0 Å². The van der Waals surface area contributed by atoms with E-state index < -0.39 is 23.8 Å². The van der Waals surface area contributed by atoms with Crippen molar-refractivity contribution in [1.29, 1.82) is 0 Å². The molecule has 4 rings (SSSR count). The zero-order valence-electron chi connectivity index (χ0n) is 15.8. The molecule has 0 aromatic heterocycles. The molecule has 0 radical (unpaired) electrons. The fourth-order valence-electron chi connectivity index (χ4n) is 4.16. The van der Waals surface area contributed by atoms with E-state index in [-0.39, 0.29) is 18.7 Å². The van der Waals surface area contributed by atoms with Gasteiger partial charge in [0.15, 0.2) is 0 Å². The first-order chi connectivity index (χ1) is 13.5. The van der Waals surface area contributed by atoms with E-state index in [2.05, 4.69) is 22.9 Å². The highest BCUT2D eigenvalue weighted by Crippen LogP contribution is 2.30. The van der Waals surface area contributed by atoms with E-state index in [1.54, 1.807) is 12.1 Å². The Morgan fingerprint density at radius 1 is 1.11 bits per heavy atom. The maximum absolute atomic E-state index is 13.0. The predicted octanol–water partition coefficient (Wildman–Crippen LogP) is 0.318. The lowest BCUT2D eigenvalue weighted by Crippen LogP contribution is -2.54. The second kappa shape index (κ2) is 7.44. The fraction of sp³-hybridized carbons (Fsp3) is 0.500. The highest BCUT2D eigenvalue weighted by Gasteiger charge is 2.45. The van der Waals surface area contributed by atoms with Crippen LogP contribution in [0.3, 0.4) is 0 Å². The minimum Gasteiger partial charge on any atom is -0.313 e. The van der Waals surface area contributed by atoms with Gasteiger partial charge in [-0.05, 0) is 37.8 Å². The second-order valence-corrected chi connectivity index (χ2v) is 7.75. The van der Waals surface area contributed by atoms with E-state index >= 15 is 0 Å². The van der Waals surface area contributed by atoms with E-state index in [0.29, 0.717) is 29.8 Å². The zero-order chi connectivity index (χ0) is 19.8. The standard InChI is InChI=1S/C20H24N4O4/c1-11-5-6-13(10-21-11)22-9-12-3-2-4-14-17(12)20(28)24(19(14)27)15-7-8-16(25)23-18(15)26/h2-4,11,13,15,21-22H,5-10H2,1H3,(H,23,25,26). The smallest absolute Gasteiger partial charge is 0.262 e. The summed E-state index contributed by atoms with van der Waals surface area (Å²) in [5, 5.41) is 9.11. The Balaban J connectivity index is 1.53. The van der Waals surface area contributed by atoms with Crippen LogP contribution in [0, 0.1) is 0 Å². The first-order valence-corrected chi connectivity index (χ1v) is 9.76. The van der Waals surface area contributed by atoms with Crippen LogP contribution in [-0.4, -0.2) is 53.2 Å². The quantitative estimate of drug-likeness (QED) is 0.646. The number of carbonyl (C=O) groups excluding carboxylic acids is 4. The van der Waals surface area contributed by atoms with Gasteiger partial charge in [-0.25, -0.2) is 0 Å². The van der Waals surface area contributed by atoms with Crippen molar-refractivity contribution in [3.05, 3.63) is 34.9 Å². The molecule has 3 unspecified atom stereocenters. The van der Waals surface area contributed by atoms with Gasteiger partial charge in [-0.15, -0.1) is 0 Å². The summed E-state index contributed by atoms with van der Waals surface area (Å²) in [6, 6.07) is 5.11. The minimum atomic E-state index is -0.935. The average Bonchev–Trinajstić information content (AvgIpc) is 2.93. The van der Waals surface area contributed by atoms with Crippen LogP contribution < -0.4 is 16.0 Å². The Labute approximate surface area is 163 Å². The molecule has 4 amide bonds. The number of carbonyl (C=O) groups is 4. The van der Waals surface area contributed by atoms with Crippen LogP contribution in [0.4, 0.5) is 0 Å². The van der Waals surface area contributed by atoms with Crippen LogP contribution in [0.5, 0.6) is 0 Å². The van der Waals surface area contributed by atoms with Crippen LogP contribution >= 0.6 is 0 Å². The third-order valence-electron chi connectivity index (χ3n) is 5.80. The van der Waals surface area contributed by atoms with Crippen molar-refractivity contribution < 1.29 is 19.2 Å². The van der Waals surface area contributed by atoms with E-state index in [1.807, 2.05) is 6.07 Å². The Kier molecular flexibility index (Phi) is 4.99. The predicted molar refractivity (Wildman–Crippen MR) is 100 cm³/mol. The number of benzene rings is 1. The van der Waals surface area contributed by atoms with Gasteiger partial charge in [-0.3, -0.25) is 29.4 Å². The third-order valence-corrected chi connectivity index (χ3v) is 5.80. The van der Waals surface area contributed by atoms with Crippen LogP contribution in [0.2, 0.25) is 0 Å². The molecule has 28 heavy (non-hydrogen) atoms. The van der Waals surface area contributed by atoms with E-state index in [4.69, 9.17) is 0 Å². The summed E-state index contributed by atoms with van der Waals surface area (Å²) in [4.78, 5) is 50.5. The van der Waals surface area contributed by atoms with Crippen molar-refractivity contribution in [3.63, 3.8) is 0 Å². The summed E-state index contributed by atoms with van der Waals surface area (Å²) < 4.78 is 0. The molecule has 0 bridgehead atoms. The molecule has 1 aromatic rings. The minimum absolute atomic E-state index is 0.116. The summed E-state index contributed by atoms with van der Waals surface area (Å²) >= 11 is 0. The number of piperidine rings is 2. The molecular weight excluding hydrogens is 360 g/mol. The van der Waals surface area contributed by atoms with Crippen molar-refractivity contribution >= 4 is 23.6 Å². The number of rotatable bonds is 4. The van der Waals surface area contributed by atoms with Crippen molar-refractivity contribution in [2.24, 2.45) is 0 Å². The lowest BCUT2D eigenvalue weighted by molar-refractivity contribution is -0.136. The number of amides is 4. The maximum Gasteiger partial charge on any atom is 0.262 e. The van der Waals surface area contributed by atoms with Crippen LogP contribution in [0.25, 0.3) is 0 Å². The monoisotopic (exact) mass is 384 g/mol. The van der Waals surface area contributed by atoms with Gasteiger partial charge in [0.2, 0.25) is 11.8 Å². The molecule has 1 aromatic carbocycles. The van der Waals surface area contributed by atoms with E-state index in [1.165, 1.54) is 0 Å². The number of hydrogen-bond acceptors (Lipinski definition) is 6. The van der Waals surface area contributed by atoms with Crippen LogP contribution in [-0.2, 0) is 16.1 Å². The highest BCUT2D eigenvalue weighted by molar-refractivity contribution is 6.24. The molecule has 2 saturated heterocycles. The number of fused-ring (bicyclic) bond motifs is 1. The molecule has 3 atom stereocenters. The van der Waals surface area contributed by atoms with Crippen molar-refractivity contribution in [1.82, 2.24) is 20.9 Å². The molecule has 0 aliphatic carbocycles. The number of nitrogens with one attached hydrogen (secondary N) is 3. The summed E-state index contributed by atoms with van der Waals surface area (Å²) in [6.45, 7) is 3.51. The summed E-state index contributed by atoms with van der Waals surface area (Å²) in [6.07, 6.45) is 2.42. The number of hydrogen-bond donors (Lipinski definition) is 3. The van der Waals surface area contributed by atoms with Gasteiger partial charge >= 0.3 is 0 Å². The van der Waals surface area contributed by atoms with Gasteiger partial charge in [0.1, 0.15) is 6.04 Å². The SMILES string of the molecule is CC1CCC(NCc2cccc3c2C(=O)N(C2CCC(=O)NC2=O)C3=O)CN1. The van der Waals surface area contributed by atoms with Gasteiger partial charge in [0.25, 0.3) is 11.8 Å². The summed E-state index contributed by atoms with van der Waals surface area (Å²) in [5.74, 6) is -1.89. The summed E-state index contributed by atoms with van der Waals surface area (Å²) in [5.41, 5.74) is 1.44. The topological polar surface area (TPSA) is 108 Å². The second-order valence-electron chi connectivity index (χ2n) is 7.75. The molecule has 3 aliphatic heterocycles. The van der Waals surface area contributed by atoms with Gasteiger partial charge in [-0.2, -0.15) is 0 Å². The Morgan fingerprint density at radius 2 is 1.93 bits per heavy atom. The molecule has 8 heteroatoms. The molecule has 2 fully saturated rings. The van der Waals surface area contributed by atoms with Gasteiger partial charge in [0, 0.05) is 31.6 Å². The molecule has 8 nitrogen and oxygen atoms in total. The van der Waals surface area contributed by atoms with E-state index in [9.17, 15) is 19.2 Å². The molecule has 3 heterocycles. The molecule has 3 N–H and O–H groups in total. The van der Waals surface area contributed by atoms with Crippen molar-refractivity contribution in [2.75, 3.05) is 6.54 Å². The Morgan fingerprint density at radius 3 is 2.64 bits per heavy atom. The Bertz CT molecular complexity index is 845. The highest BCUT2D eigenvalue weighted by atomic mass is 16.2. The third kappa shape index (κ3) is 3.33. The largest absolute Gasteiger partial charge is 0.313 e. The molecule has 148 valence electrons. The Hall–Kier alpha value is -2.58. The van der Waals surface area contributed by atoms with E-state index in [0.717, 1.165) is 29.8 Å². The fourth-order valence-corrected chi connectivity index (χ4v) is 4.16. The van der Waals surface area contributed by atoms with Crippen molar-refractivity contribution in [2.45, 2.75) is 57.3 Å². The molecular formula is C20H24N4O4. The number of nitrogens with zero attached hydrogens (tertiary/aromatic N) is 1. The number of imide groups is 2. The van der Waals surface area contributed by atoms with Gasteiger partial charge in [-0.1, -0.05) is 12.1 Å². The first-order valence-electron chi connectivity index (χ1n) is 9.76. The lowest BCUT2D eigenvalue weighted by atomic mass is 10.00. The lowest BCUT2D eigenvalue weighted by Gasteiger charge is -2.29. The normalized spacial score (nSPS) is 27.8. The van der Waals surface area contributed by atoms with Crippen LogP contribution in [0.1, 0.15) is 58.9 Å².